The molecule has 0 spiro atoms. The Balaban J connectivity index is 4.69. The molecule has 25 heavy (non-hydrogen) atoms. The molecule has 0 aliphatic carbocycles. The van der Waals surface area contributed by atoms with Crippen molar-refractivity contribution in [2.75, 3.05) is 39.6 Å². The average molecular weight is 362 g/mol. The zero-order chi connectivity index (χ0) is 19.3. The van der Waals surface area contributed by atoms with Gasteiger partial charge in [0.2, 0.25) is 0 Å². The van der Waals surface area contributed by atoms with Crippen molar-refractivity contribution in [3.63, 3.8) is 0 Å². The Morgan fingerprint density at radius 1 is 0.800 bits per heavy atom. The number of rotatable bonds is 16. The van der Waals surface area contributed by atoms with Crippen LogP contribution in [0, 0.1) is 11.3 Å². The van der Waals surface area contributed by atoms with E-state index in [1.54, 1.807) is 0 Å². The van der Waals surface area contributed by atoms with E-state index in [1.807, 2.05) is 13.8 Å². The Morgan fingerprint density at radius 2 is 1.16 bits per heavy atom. The quantitative estimate of drug-likeness (QED) is 0.397. The maximum atomic E-state index is 11.0. The fraction of sp³-hybridized carbons (Fsp3) is 0.824. The maximum Gasteiger partial charge on any atom is 0.305 e. The highest BCUT2D eigenvalue weighted by molar-refractivity contribution is 5.75. The van der Waals surface area contributed by atoms with Crippen LogP contribution in [0.2, 0.25) is 0 Å². The van der Waals surface area contributed by atoms with Crippen molar-refractivity contribution in [2.24, 2.45) is 11.3 Å². The van der Waals surface area contributed by atoms with E-state index in [0.717, 1.165) is 0 Å². The number of ether oxygens (including phenoxy) is 3. The van der Waals surface area contributed by atoms with Crippen LogP contribution in [0.4, 0.5) is 0 Å². The van der Waals surface area contributed by atoms with E-state index in [0.29, 0.717) is 6.42 Å². The molecule has 146 valence electrons. The van der Waals surface area contributed by atoms with Gasteiger partial charge in [0.15, 0.2) is 0 Å². The van der Waals surface area contributed by atoms with E-state index in [1.165, 1.54) is 6.92 Å². The Bertz CT molecular complexity index is 364. The topological polar surface area (TPSA) is 119 Å². The zero-order valence-corrected chi connectivity index (χ0v) is 15.3. The highest BCUT2D eigenvalue weighted by Crippen LogP contribution is 2.29. The molecule has 0 aliphatic heterocycles. The van der Waals surface area contributed by atoms with Gasteiger partial charge >= 0.3 is 11.9 Å². The lowest BCUT2D eigenvalue weighted by Gasteiger charge is -2.37. The van der Waals surface area contributed by atoms with E-state index in [9.17, 15) is 14.4 Å². The second-order valence-electron chi connectivity index (χ2n) is 6.41. The number of Topliss-reactive ketones (excluding diaryl/α,β-unsaturated/α-hetero) is 1. The second-order valence-corrected chi connectivity index (χ2v) is 6.41. The van der Waals surface area contributed by atoms with Crippen molar-refractivity contribution in [1.29, 1.82) is 0 Å². The molecular formula is C17H30O8. The van der Waals surface area contributed by atoms with Gasteiger partial charge < -0.3 is 24.4 Å². The molecule has 0 rings (SSSR count). The first-order valence-corrected chi connectivity index (χ1v) is 8.36. The number of carboxylic acid groups (broad SMARTS) is 2. The summed E-state index contributed by atoms with van der Waals surface area (Å²) in [5.41, 5.74) is -0.548. The molecule has 2 N–H and O–H groups in total. The first-order chi connectivity index (χ1) is 11.7. The molecule has 0 atom stereocenters. The third-order valence-electron chi connectivity index (χ3n) is 3.91. The Morgan fingerprint density at radius 3 is 1.44 bits per heavy atom. The first-order valence-electron chi connectivity index (χ1n) is 8.36. The summed E-state index contributed by atoms with van der Waals surface area (Å²) in [6, 6.07) is 0. The fourth-order valence-corrected chi connectivity index (χ4v) is 1.99. The highest BCUT2D eigenvalue weighted by atomic mass is 16.5. The normalized spacial score (nSPS) is 11.7. The molecular weight excluding hydrogens is 332 g/mol. The zero-order valence-electron chi connectivity index (χ0n) is 15.3. The fourth-order valence-electron chi connectivity index (χ4n) is 1.99. The lowest BCUT2D eigenvalue weighted by Crippen LogP contribution is -2.42. The Hall–Kier alpha value is -1.51. The van der Waals surface area contributed by atoms with E-state index >= 15 is 0 Å². The van der Waals surface area contributed by atoms with Gasteiger partial charge in [-0.3, -0.25) is 14.4 Å². The number of carbonyl (C=O) groups is 3. The molecule has 0 unspecified atom stereocenters. The predicted molar refractivity (Wildman–Crippen MR) is 89.5 cm³/mol. The van der Waals surface area contributed by atoms with E-state index in [2.05, 4.69) is 0 Å². The Labute approximate surface area is 148 Å². The molecule has 0 amide bonds. The first kappa shape index (κ1) is 23.5. The highest BCUT2D eigenvalue weighted by Gasteiger charge is 2.35. The van der Waals surface area contributed by atoms with Crippen molar-refractivity contribution < 1.29 is 38.8 Å². The van der Waals surface area contributed by atoms with Crippen LogP contribution in [0.1, 0.15) is 40.0 Å². The summed E-state index contributed by atoms with van der Waals surface area (Å²) in [4.78, 5) is 32.2. The van der Waals surface area contributed by atoms with Crippen molar-refractivity contribution in [3.05, 3.63) is 0 Å². The summed E-state index contributed by atoms with van der Waals surface area (Å²) in [6.07, 6.45) is 0.117. The van der Waals surface area contributed by atoms with Gasteiger partial charge in [0, 0.05) is 11.8 Å². The number of ketones is 1. The molecule has 0 bridgehead atoms. The van der Waals surface area contributed by atoms with E-state index < -0.39 is 17.4 Å². The molecule has 8 nitrogen and oxygen atoms in total. The molecule has 0 radical (unpaired) electrons. The van der Waals surface area contributed by atoms with Crippen LogP contribution in [-0.2, 0) is 28.6 Å². The Kier molecular flexibility index (Phi) is 12.0. The van der Waals surface area contributed by atoms with Gasteiger partial charge in [0.05, 0.1) is 52.5 Å². The van der Waals surface area contributed by atoms with Crippen LogP contribution in [0.15, 0.2) is 0 Å². The summed E-state index contributed by atoms with van der Waals surface area (Å²) >= 11 is 0. The number of hydrogen-bond acceptors (Lipinski definition) is 6. The second kappa shape index (κ2) is 12.8. The minimum atomic E-state index is -0.939. The lowest BCUT2D eigenvalue weighted by molar-refractivity contribution is -0.140. The average Bonchev–Trinajstić information content (AvgIpc) is 2.50. The smallest absolute Gasteiger partial charge is 0.305 e. The molecule has 0 aromatic carbocycles. The van der Waals surface area contributed by atoms with Crippen molar-refractivity contribution in [1.82, 2.24) is 0 Å². The van der Waals surface area contributed by atoms with E-state index in [-0.39, 0.29) is 64.2 Å². The molecule has 0 fully saturated rings. The van der Waals surface area contributed by atoms with Gasteiger partial charge in [0.1, 0.15) is 5.78 Å². The van der Waals surface area contributed by atoms with Crippen LogP contribution in [0.3, 0.4) is 0 Å². The van der Waals surface area contributed by atoms with Crippen molar-refractivity contribution in [3.8, 4) is 0 Å². The number of carboxylic acids is 2. The maximum absolute atomic E-state index is 11.0. The molecule has 8 heteroatoms. The molecule has 0 aromatic heterocycles. The summed E-state index contributed by atoms with van der Waals surface area (Å²) in [6.45, 7) is 6.59. The SMILES string of the molecule is CC(=O)CCOCC(COCCC(=O)O)(COCCC(=O)O)C(C)C. The molecule has 0 aromatic rings. The third kappa shape index (κ3) is 11.6. The minimum absolute atomic E-state index is 0.0329. The monoisotopic (exact) mass is 362 g/mol. The predicted octanol–water partition coefficient (Wildman–Crippen LogP) is 1.61. The van der Waals surface area contributed by atoms with Crippen LogP contribution in [0.25, 0.3) is 0 Å². The van der Waals surface area contributed by atoms with E-state index in [4.69, 9.17) is 24.4 Å². The lowest BCUT2D eigenvalue weighted by atomic mass is 9.79. The molecule has 0 saturated carbocycles. The number of hydrogen-bond donors (Lipinski definition) is 2. The summed E-state index contributed by atoms with van der Waals surface area (Å²) in [5, 5.41) is 17.4. The largest absolute Gasteiger partial charge is 0.481 e. The summed E-state index contributed by atoms with van der Waals surface area (Å²) in [5.74, 6) is -1.76. The van der Waals surface area contributed by atoms with Gasteiger partial charge in [-0.2, -0.15) is 0 Å². The minimum Gasteiger partial charge on any atom is -0.481 e. The van der Waals surface area contributed by atoms with Gasteiger partial charge in [-0.25, -0.2) is 0 Å². The van der Waals surface area contributed by atoms with Crippen LogP contribution in [0.5, 0.6) is 0 Å². The summed E-state index contributed by atoms with van der Waals surface area (Å²) < 4.78 is 16.6. The summed E-state index contributed by atoms with van der Waals surface area (Å²) in [7, 11) is 0. The van der Waals surface area contributed by atoms with Gasteiger partial charge in [-0.05, 0) is 12.8 Å². The van der Waals surface area contributed by atoms with Crippen molar-refractivity contribution in [2.45, 2.75) is 40.0 Å². The van der Waals surface area contributed by atoms with Gasteiger partial charge in [0.25, 0.3) is 0 Å². The number of carbonyl (C=O) groups excluding carboxylic acids is 1. The molecule has 0 saturated heterocycles. The van der Waals surface area contributed by atoms with Crippen LogP contribution >= 0.6 is 0 Å². The van der Waals surface area contributed by atoms with Gasteiger partial charge in [-0.15, -0.1) is 0 Å². The van der Waals surface area contributed by atoms with Crippen LogP contribution in [-0.4, -0.2) is 67.6 Å². The van der Waals surface area contributed by atoms with Crippen molar-refractivity contribution >= 4 is 17.7 Å². The number of aliphatic carboxylic acids is 2. The molecule has 0 heterocycles. The van der Waals surface area contributed by atoms with Gasteiger partial charge in [-0.1, -0.05) is 13.8 Å². The molecule has 0 aliphatic rings. The standard InChI is InChI=1S/C17H30O8/c1-13(2)17(10-23-7-4-14(3)18,11-24-8-5-15(19)20)12-25-9-6-16(21)22/h13H,4-12H2,1-3H3,(H,19,20)(H,21,22). The van der Waals surface area contributed by atoms with Crippen LogP contribution < -0.4 is 0 Å². The third-order valence-corrected chi connectivity index (χ3v) is 3.91.